The second kappa shape index (κ2) is 6.20. The summed E-state index contributed by atoms with van der Waals surface area (Å²) in [5, 5.41) is 7.22. The molecule has 5 amide bonds. The minimum absolute atomic E-state index is 0.187. The number of nitrogens with one attached hydrogen (secondary N) is 2. The van der Waals surface area contributed by atoms with E-state index in [1.807, 2.05) is 24.3 Å². The van der Waals surface area contributed by atoms with Crippen LogP contribution in [-0.4, -0.2) is 35.2 Å². The third kappa shape index (κ3) is 2.67. The molecule has 2 aromatic rings. The highest BCUT2D eigenvalue weighted by molar-refractivity contribution is 7.14. The van der Waals surface area contributed by atoms with Gasteiger partial charge < -0.3 is 16.4 Å². The molecule has 138 valence electrons. The number of urea groups is 1. The highest BCUT2D eigenvalue weighted by Crippen LogP contribution is 2.41. The van der Waals surface area contributed by atoms with E-state index in [0.717, 1.165) is 27.4 Å². The summed E-state index contributed by atoms with van der Waals surface area (Å²) in [4.78, 5) is 50.0. The third-order valence-corrected chi connectivity index (χ3v) is 5.74. The summed E-state index contributed by atoms with van der Waals surface area (Å²) in [6, 6.07) is 8.37. The van der Waals surface area contributed by atoms with Gasteiger partial charge in [0.25, 0.3) is 11.8 Å². The highest BCUT2D eigenvalue weighted by Gasteiger charge is 2.55. The molecule has 2 heterocycles. The number of imide groups is 1. The van der Waals surface area contributed by atoms with Crippen LogP contribution in [0.1, 0.15) is 27.9 Å². The third-order valence-electron chi connectivity index (χ3n) is 4.91. The van der Waals surface area contributed by atoms with E-state index in [1.54, 1.807) is 5.38 Å². The van der Waals surface area contributed by atoms with Crippen molar-refractivity contribution in [1.82, 2.24) is 10.2 Å². The van der Waals surface area contributed by atoms with Gasteiger partial charge in [0.15, 0.2) is 0 Å². The Morgan fingerprint density at radius 2 is 2.04 bits per heavy atom. The largest absolute Gasteiger partial charge is 0.366 e. The fourth-order valence-electron chi connectivity index (χ4n) is 3.64. The monoisotopic (exact) mass is 384 g/mol. The minimum Gasteiger partial charge on any atom is -0.366 e. The van der Waals surface area contributed by atoms with E-state index in [4.69, 9.17) is 5.73 Å². The molecular formula is C18H16N4O4S. The number of nitrogens with two attached hydrogens (primary N) is 1. The summed E-state index contributed by atoms with van der Waals surface area (Å²) in [5.74, 6) is -1.68. The predicted molar refractivity (Wildman–Crippen MR) is 98.2 cm³/mol. The zero-order valence-electron chi connectivity index (χ0n) is 14.2. The van der Waals surface area contributed by atoms with Crippen LogP contribution in [0.3, 0.4) is 0 Å². The number of benzene rings is 1. The van der Waals surface area contributed by atoms with E-state index in [2.05, 4.69) is 10.6 Å². The number of amides is 5. The van der Waals surface area contributed by atoms with Gasteiger partial charge in [-0.1, -0.05) is 24.3 Å². The lowest BCUT2D eigenvalue weighted by Gasteiger charge is -2.22. The maximum Gasteiger partial charge on any atom is 0.325 e. The topological polar surface area (TPSA) is 122 Å². The van der Waals surface area contributed by atoms with Gasteiger partial charge in [-0.15, -0.1) is 11.3 Å². The highest BCUT2D eigenvalue weighted by atomic mass is 32.1. The van der Waals surface area contributed by atoms with E-state index in [9.17, 15) is 19.2 Å². The lowest BCUT2D eigenvalue weighted by molar-refractivity contribution is -0.134. The molecule has 0 bridgehead atoms. The van der Waals surface area contributed by atoms with Crippen molar-refractivity contribution in [2.75, 3.05) is 11.9 Å². The van der Waals surface area contributed by atoms with Crippen molar-refractivity contribution in [3.8, 4) is 0 Å². The smallest absolute Gasteiger partial charge is 0.325 e. The number of fused-ring (bicyclic) bond motifs is 2. The molecule has 1 atom stereocenters. The molecule has 1 saturated heterocycles. The summed E-state index contributed by atoms with van der Waals surface area (Å²) < 4.78 is 0. The number of primary amides is 1. The average molecular weight is 384 g/mol. The van der Waals surface area contributed by atoms with Crippen molar-refractivity contribution in [3.63, 3.8) is 0 Å². The van der Waals surface area contributed by atoms with Crippen LogP contribution in [0, 0.1) is 0 Å². The van der Waals surface area contributed by atoms with E-state index >= 15 is 0 Å². The van der Waals surface area contributed by atoms with Gasteiger partial charge in [0.2, 0.25) is 5.91 Å². The van der Waals surface area contributed by atoms with E-state index in [0.29, 0.717) is 17.8 Å². The summed E-state index contributed by atoms with van der Waals surface area (Å²) in [6.07, 6.45) is 1.14. The molecule has 2 aliphatic rings. The lowest BCUT2D eigenvalue weighted by Crippen LogP contribution is -2.43. The Morgan fingerprint density at radius 1 is 1.26 bits per heavy atom. The number of nitrogens with zero attached hydrogens (tertiary/aromatic N) is 1. The van der Waals surface area contributed by atoms with E-state index in [1.165, 1.54) is 6.07 Å². The summed E-state index contributed by atoms with van der Waals surface area (Å²) in [7, 11) is 0. The van der Waals surface area contributed by atoms with Crippen LogP contribution < -0.4 is 16.4 Å². The molecule has 1 spiro atoms. The Hall–Kier alpha value is -3.20. The quantitative estimate of drug-likeness (QED) is 0.685. The van der Waals surface area contributed by atoms with Crippen LogP contribution in [0.5, 0.6) is 0 Å². The van der Waals surface area contributed by atoms with Crippen molar-refractivity contribution in [1.29, 1.82) is 0 Å². The molecule has 1 aromatic heterocycles. The Kier molecular flexibility index (Phi) is 3.96. The Morgan fingerprint density at radius 3 is 2.81 bits per heavy atom. The molecule has 1 fully saturated rings. The van der Waals surface area contributed by atoms with Crippen LogP contribution in [0.15, 0.2) is 35.7 Å². The zero-order valence-corrected chi connectivity index (χ0v) is 15.0. The summed E-state index contributed by atoms with van der Waals surface area (Å²) in [6.45, 7) is -0.440. The van der Waals surface area contributed by atoms with Crippen LogP contribution >= 0.6 is 11.3 Å². The van der Waals surface area contributed by atoms with Gasteiger partial charge in [-0.05, 0) is 35.4 Å². The molecule has 1 unspecified atom stereocenters. The molecule has 1 aliphatic carbocycles. The summed E-state index contributed by atoms with van der Waals surface area (Å²) in [5.41, 5.74) is 6.13. The van der Waals surface area contributed by atoms with Gasteiger partial charge in [0, 0.05) is 0 Å². The van der Waals surface area contributed by atoms with E-state index in [-0.39, 0.29) is 5.56 Å². The van der Waals surface area contributed by atoms with Gasteiger partial charge in [0.05, 0.1) is 5.56 Å². The van der Waals surface area contributed by atoms with E-state index < -0.39 is 35.8 Å². The molecule has 0 radical (unpaired) electrons. The molecule has 4 rings (SSSR count). The maximum atomic E-state index is 13.0. The van der Waals surface area contributed by atoms with Crippen molar-refractivity contribution in [2.45, 2.75) is 18.4 Å². The first kappa shape index (κ1) is 17.2. The molecule has 4 N–H and O–H groups in total. The van der Waals surface area contributed by atoms with Crippen molar-refractivity contribution in [3.05, 3.63) is 52.4 Å². The van der Waals surface area contributed by atoms with Crippen LogP contribution in [-0.2, 0) is 21.5 Å². The number of hydrogen-bond donors (Lipinski definition) is 3. The number of aryl methyl sites for hydroxylation is 1. The first-order valence-corrected chi connectivity index (χ1v) is 9.20. The number of anilines is 1. The van der Waals surface area contributed by atoms with Crippen molar-refractivity contribution < 1.29 is 19.2 Å². The zero-order chi connectivity index (χ0) is 19.2. The van der Waals surface area contributed by atoms with Gasteiger partial charge in [-0.2, -0.15) is 0 Å². The number of carbonyl (C=O) groups excluding carboxylic acids is 4. The molecule has 8 nitrogen and oxygen atoms in total. The molecule has 27 heavy (non-hydrogen) atoms. The van der Waals surface area contributed by atoms with Gasteiger partial charge in [-0.3, -0.25) is 19.3 Å². The van der Waals surface area contributed by atoms with Gasteiger partial charge in [0.1, 0.15) is 17.1 Å². The van der Waals surface area contributed by atoms with Crippen LogP contribution in [0.25, 0.3) is 0 Å². The van der Waals surface area contributed by atoms with Gasteiger partial charge in [-0.25, -0.2) is 4.79 Å². The normalized spacial score (nSPS) is 20.7. The average Bonchev–Trinajstić information content (AvgIpc) is 3.30. The number of carbonyl (C=O) groups is 4. The Balaban J connectivity index is 1.53. The number of rotatable bonds is 4. The first-order valence-electron chi connectivity index (χ1n) is 8.32. The first-order chi connectivity index (χ1) is 12.9. The maximum absolute atomic E-state index is 13.0. The number of thiophene rings is 1. The van der Waals surface area contributed by atoms with Crippen LogP contribution in [0.2, 0.25) is 0 Å². The predicted octanol–water partition coefficient (Wildman–Crippen LogP) is 1.18. The standard InChI is InChI=1S/C18H16N4O4S/c19-14(24)11-6-8-27-15(11)20-13(23)9-22-16(25)18(21-17(22)26)7-5-10-3-1-2-4-12(10)18/h1-4,6,8H,5,7,9H2,(H2,19,24)(H,20,23)(H,21,26). The molecular weight excluding hydrogens is 368 g/mol. The molecule has 0 saturated carbocycles. The van der Waals surface area contributed by atoms with Crippen molar-refractivity contribution >= 4 is 40.1 Å². The number of hydrogen-bond acceptors (Lipinski definition) is 5. The fourth-order valence-corrected chi connectivity index (χ4v) is 4.45. The Labute approximate surface area is 158 Å². The molecule has 1 aromatic carbocycles. The Bertz CT molecular complexity index is 985. The second-order valence-corrected chi connectivity index (χ2v) is 7.38. The SMILES string of the molecule is NC(=O)c1ccsc1NC(=O)CN1C(=O)NC2(CCc3ccccc32)C1=O. The van der Waals surface area contributed by atoms with Crippen LogP contribution in [0.4, 0.5) is 9.80 Å². The summed E-state index contributed by atoms with van der Waals surface area (Å²) >= 11 is 1.14. The minimum atomic E-state index is -1.10. The fraction of sp³-hybridized carbons (Fsp3) is 0.222. The lowest BCUT2D eigenvalue weighted by atomic mass is 9.92. The van der Waals surface area contributed by atoms with Crippen molar-refractivity contribution in [2.24, 2.45) is 5.73 Å². The molecule has 9 heteroatoms. The second-order valence-electron chi connectivity index (χ2n) is 6.46. The van der Waals surface area contributed by atoms with Gasteiger partial charge >= 0.3 is 6.03 Å². The molecule has 1 aliphatic heterocycles.